The molecule has 356 valence electrons. The number of hydrogen-bond donors (Lipinski definition) is 4. The molecule has 0 aromatic heterocycles. The van der Waals surface area contributed by atoms with Gasteiger partial charge in [-0.15, -0.1) is 0 Å². The van der Waals surface area contributed by atoms with Crippen LogP contribution in [0.4, 0.5) is 0 Å². The molecule has 0 aromatic carbocycles. The van der Waals surface area contributed by atoms with Crippen LogP contribution in [0.2, 0.25) is 0 Å². The molecule has 0 aromatic rings. The minimum Gasteiger partial charge on any atom is -0.457 e. The molecule has 0 radical (unpaired) electrons. The molecule has 6 atom stereocenters. The molecular weight excluding hydrogens is 769 g/mol. The Hall–Kier alpha value is -1.85. The number of rotatable bonds is 43. The van der Waals surface area contributed by atoms with Crippen LogP contribution in [-0.4, -0.2) is 89.6 Å². The number of carbonyl (C=O) groups excluding carboxylic acids is 1. The summed E-state index contributed by atoms with van der Waals surface area (Å²) < 4.78 is 22.9. The molecule has 0 spiro atoms. The fourth-order valence-corrected chi connectivity index (χ4v) is 7.49. The number of aliphatic hydroxyl groups excluding tert-OH is 4. The van der Waals surface area contributed by atoms with E-state index in [1.165, 1.54) is 128 Å². The Morgan fingerprint density at radius 3 is 1.43 bits per heavy atom. The van der Waals surface area contributed by atoms with Crippen molar-refractivity contribution in [1.29, 1.82) is 0 Å². The number of esters is 1. The highest BCUT2D eigenvalue weighted by molar-refractivity contribution is 5.69. The molecule has 0 aliphatic carbocycles. The molecule has 4 N–H and O–H groups in total. The monoisotopic (exact) mass is 863 g/mol. The molecule has 1 rings (SSSR count). The van der Waals surface area contributed by atoms with Gasteiger partial charge in [-0.3, -0.25) is 4.79 Å². The zero-order valence-electron chi connectivity index (χ0n) is 39.2. The van der Waals surface area contributed by atoms with Crippen molar-refractivity contribution in [3.05, 3.63) is 48.6 Å². The third-order valence-corrected chi connectivity index (χ3v) is 11.5. The van der Waals surface area contributed by atoms with Crippen LogP contribution in [0.25, 0.3) is 0 Å². The van der Waals surface area contributed by atoms with Crippen LogP contribution in [0.15, 0.2) is 48.6 Å². The number of hydrogen-bond acceptors (Lipinski definition) is 9. The minimum absolute atomic E-state index is 0.121. The maximum Gasteiger partial charge on any atom is 0.306 e. The summed E-state index contributed by atoms with van der Waals surface area (Å²) in [7, 11) is 0. The van der Waals surface area contributed by atoms with E-state index in [0.717, 1.165) is 64.2 Å². The zero-order chi connectivity index (χ0) is 44.3. The summed E-state index contributed by atoms with van der Waals surface area (Å²) in [5.74, 6) is -0.328. The average Bonchev–Trinajstić information content (AvgIpc) is 3.26. The average molecular weight is 863 g/mol. The molecule has 1 saturated heterocycles. The van der Waals surface area contributed by atoms with E-state index in [2.05, 4.69) is 62.5 Å². The van der Waals surface area contributed by atoms with E-state index in [4.69, 9.17) is 18.9 Å². The third-order valence-electron chi connectivity index (χ3n) is 11.5. The summed E-state index contributed by atoms with van der Waals surface area (Å²) in [6.07, 6.45) is 47.1. The van der Waals surface area contributed by atoms with Gasteiger partial charge in [0.1, 0.15) is 30.5 Å². The first kappa shape index (κ1) is 57.2. The number of unbranched alkanes of at least 4 members (excludes halogenated alkanes) is 24. The first-order valence-corrected chi connectivity index (χ1v) is 25.2. The fraction of sp³-hybridized carbons (Fsp3) is 0.827. The van der Waals surface area contributed by atoms with Crippen LogP contribution in [-0.2, 0) is 23.7 Å². The second-order valence-corrected chi connectivity index (χ2v) is 17.3. The van der Waals surface area contributed by atoms with Gasteiger partial charge in [-0.2, -0.15) is 0 Å². The summed E-state index contributed by atoms with van der Waals surface area (Å²) in [6.45, 7) is 4.52. The smallest absolute Gasteiger partial charge is 0.306 e. The molecule has 0 bridgehead atoms. The first-order valence-electron chi connectivity index (χ1n) is 25.2. The van der Waals surface area contributed by atoms with E-state index in [1.54, 1.807) is 0 Å². The SMILES string of the molecule is CCCCCC/C=C\C/C=C\CCCCCCCC(=O)OC(COCCCCCCCCCCCC/C=C\C/C=C\CCCCCCC)COC1OC(CO)C(O)C(O)C1O. The fourth-order valence-electron chi connectivity index (χ4n) is 7.49. The Morgan fingerprint density at radius 1 is 0.525 bits per heavy atom. The molecule has 1 aliphatic rings. The second kappa shape index (κ2) is 43.4. The largest absolute Gasteiger partial charge is 0.457 e. The van der Waals surface area contributed by atoms with Crippen LogP contribution < -0.4 is 0 Å². The van der Waals surface area contributed by atoms with Crippen LogP contribution >= 0.6 is 0 Å². The molecular formula is C52H94O9. The Morgan fingerprint density at radius 2 is 0.951 bits per heavy atom. The van der Waals surface area contributed by atoms with E-state index >= 15 is 0 Å². The van der Waals surface area contributed by atoms with Crippen molar-refractivity contribution in [2.24, 2.45) is 0 Å². The minimum atomic E-state index is -1.54. The first-order chi connectivity index (χ1) is 29.9. The molecule has 0 amide bonds. The highest BCUT2D eigenvalue weighted by atomic mass is 16.7. The Kier molecular flexibility index (Phi) is 40.7. The maximum absolute atomic E-state index is 12.8. The summed E-state index contributed by atoms with van der Waals surface area (Å²) in [5.41, 5.74) is 0. The third kappa shape index (κ3) is 34.3. The van der Waals surface area contributed by atoms with Gasteiger partial charge < -0.3 is 39.4 Å². The van der Waals surface area contributed by atoms with Gasteiger partial charge in [0.25, 0.3) is 0 Å². The Bertz CT molecular complexity index is 1070. The molecule has 9 heteroatoms. The second-order valence-electron chi connectivity index (χ2n) is 17.3. The van der Waals surface area contributed by atoms with Gasteiger partial charge in [0, 0.05) is 13.0 Å². The van der Waals surface area contributed by atoms with E-state index in [0.29, 0.717) is 13.0 Å². The van der Waals surface area contributed by atoms with Crippen LogP contribution in [0.5, 0.6) is 0 Å². The maximum atomic E-state index is 12.8. The number of allylic oxidation sites excluding steroid dienone is 8. The number of carbonyl (C=O) groups is 1. The predicted molar refractivity (Wildman–Crippen MR) is 251 cm³/mol. The van der Waals surface area contributed by atoms with E-state index in [1.807, 2.05) is 0 Å². The van der Waals surface area contributed by atoms with Crippen LogP contribution in [0, 0.1) is 0 Å². The van der Waals surface area contributed by atoms with Crippen molar-refractivity contribution in [3.63, 3.8) is 0 Å². The standard InChI is InChI=1S/C52H94O9/c1-3-5-7-9-11-13-15-17-19-21-22-23-24-25-26-28-30-32-34-36-38-40-42-58-44-46(45-59-52-51(57)50(56)49(55)47(43-53)61-52)60-48(54)41-39-37-35-33-31-29-27-20-18-16-14-12-10-8-6-4-2/h14-17,20-22,27,46-47,49-53,55-57H,3-13,18-19,23-26,28-45H2,1-2H3/b16-14-,17-15-,22-21-,27-20-. The summed E-state index contributed by atoms with van der Waals surface area (Å²) >= 11 is 0. The molecule has 6 unspecified atom stereocenters. The van der Waals surface area contributed by atoms with Crippen molar-refractivity contribution in [2.75, 3.05) is 26.4 Å². The lowest BCUT2D eigenvalue weighted by molar-refractivity contribution is -0.305. The van der Waals surface area contributed by atoms with Crippen LogP contribution in [0.1, 0.15) is 213 Å². The molecule has 1 fully saturated rings. The van der Waals surface area contributed by atoms with E-state index in [9.17, 15) is 25.2 Å². The summed E-state index contributed by atoms with van der Waals surface area (Å²) in [5, 5.41) is 40.2. The lowest BCUT2D eigenvalue weighted by atomic mass is 9.99. The molecule has 0 saturated carbocycles. The molecule has 9 nitrogen and oxygen atoms in total. The van der Waals surface area contributed by atoms with Crippen LogP contribution in [0.3, 0.4) is 0 Å². The molecule has 1 heterocycles. The highest BCUT2D eigenvalue weighted by Gasteiger charge is 2.44. The van der Waals surface area contributed by atoms with Crippen molar-refractivity contribution in [1.82, 2.24) is 0 Å². The van der Waals surface area contributed by atoms with Crippen molar-refractivity contribution < 1.29 is 44.2 Å². The molecule has 1 aliphatic heterocycles. The summed E-state index contributed by atoms with van der Waals surface area (Å²) in [6, 6.07) is 0. The van der Waals surface area contributed by atoms with E-state index in [-0.39, 0.29) is 19.2 Å². The Labute approximate surface area is 373 Å². The lowest BCUT2D eigenvalue weighted by Crippen LogP contribution is -2.59. The highest BCUT2D eigenvalue weighted by Crippen LogP contribution is 2.23. The van der Waals surface area contributed by atoms with Gasteiger partial charge in [0.05, 0.1) is 19.8 Å². The van der Waals surface area contributed by atoms with E-state index < -0.39 is 43.4 Å². The van der Waals surface area contributed by atoms with Gasteiger partial charge in [-0.25, -0.2) is 0 Å². The normalized spacial score (nSPS) is 20.3. The lowest BCUT2D eigenvalue weighted by Gasteiger charge is -2.39. The van der Waals surface area contributed by atoms with Crippen molar-refractivity contribution in [3.8, 4) is 0 Å². The Balaban J connectivity index is 2.22. The van der Waals surface area contributed by atoms with Crippen molar-refractivity contribution >= 4 is 5.97 Å². The number of ether oxygens (including phenoxy) is 4. The topological polar surface area (TPSA) is 135 Å². The summed E-state index contributed by atoms with van der Waals surface area (Å²) in [4.78, 5) is 12.8. The van der Waals surface area contributed by atoms with Gasteiger partial charge >= 0.3 is 5.97 Å². The predicted octanol–water partition coefficient (Wildman–Crippen LogP) is 12.1. The molecule has 61 heavy (non-hydrogen) atoms. The quantitative estimate of drug-likeness (QED) is 0.0268. The van der Waals surface area contributed by atoms with Gasteiger partial charge in [-0.05, 0) is 77.0 Å². The number of aliphatic hydroxyl groups is 4. The van der Waals surface area contributed by atoms with Gasteiger partial charge in [0.2, 0.25) is 0 Å². The zero-order valence-corrected chi connectivity index (χ0v) is 39.2. The van der Waals surface area contributed by atoms with Gasteiger partial charge in [-0.1, -0.05) is 178 Å². The van der Waals surface area contributed by atoms with Gasteiger partial charge in [0.15, 0.2) is 6.29 Å². The van der Waals surface area contributed by atoms with Crippen molar-refractivity contribution in [2.45, 2.75) is 250 Å².